The number of nitrogens with zero attached hydrogens (tertiary/aromatic N) is 4. The number of benzene rings is 1. The maximum Gasteiger partial charge on any atom is 0.107 e. The highest BCUT2D eigenvalue weighted by atomic mass is 15.3. The number of rotatable bonds is 4. The van der Waals surface area contributed by atoms with Gasteiger partial charge in [0.1, 0.15) is 11.5 Å². The number of hydrogen-bond acceptors (Lipinski definition) is 3. The van der Waals surface area contributed by atoms with Crippen LogP contribution in [0.4, 0.5) is 0 Å². The van der Waals surface area contributed by atoms with Crippen LogP contribution < -0.4 is 0 Å². The fourth-order valence-electron chi connectivity index (χ4n) is 2.65. The van der Waals surface area contributed by atoms with Crippen molar-refractivity contribution >= 4 is 10.9 Å². The molecule has 0 saturated carbocycles. The predicted octanol–water partition coefficient (Wildman–Crippen LogP) is 3.06. The number of H-pyrrole nitrogens is 1. The molecule has 0 saturated heterocycles. The van der Waals surface area contributed by atoms with Gasteiger partial charge in [-0.15, -0.1) is 0 Å². The van der Waals surface area contributed by atoms with Crippen molar-refractivity contribution in [3.63, 3.8) is 0 Å². The van der Waals surface area contributed by atoms with Gasteiger partial charge in [0, 0.05) is 48.7 Å². The molecule has 0 fully saturated rings. The van der Waals surface area contributed by atoms with E-state index < -0.39 is 0 Å². The van der Waals surface area contributed by atoms with Crippen molar-refractivity contribution in [2.45, 2.75) is 13.0 Å². The van der Waals surface area contributed by atoms with Crippen LogP contribution in [-0.2, 0) is 13.0 Å². The van der Waals surface area contributed by atoms with Crippen molar-refractivity contribution in [1.29, 1.82) is 0 Å². The number of aromatic nitrogens is 5. The van der Waals surface area contributed by atoms with E-state index in [4.69, 9.17) is 5.10 Å². The zero-order valence-corrected chi connectivity index (χ0v) is 12.0. The van der Waals surface area contributed by atoms with E-state index >= 15 is 0 Å². The summed E-state index contributed by atoms with van der Waals surface area (Å²) in [6.07, 6.45) is 8.13. The summed E-state index contributed by atoms with van der Waals surface area (Å²) in [6.45, 7) is 0.779. The average molecular weight is 289 g/mol. The van der Waals surface area contributed by atoms with Gasteiger partial charge in [-0.05, 0) is 6.07 Å². The monoisotopic (exact) mass is 289 g/mol. The number of nitrogens with one attached hydrogen (secondary N) is 1. The third kappa shape index (κ3) is 2.26. The minimum absolute atomic E-state index is 0.779. The highest BCUT2D eigenvalue weighted by Gasteiger charge is 2.12. The predicted molar refractivity (Wildman–Crippen MR) is 85.3 cm³/mol. The average Bonchev–Trinajstić information content (AvgIpc) is 3.22. The molecule has 1 N–H and O–H groups in total. The number of pyridine rings is 1. The molecule has 3 aromatic heterocycles. The largest absolute Gasteiger partial charge is 0.349 e. The van der Waals surface area contributed by atoms with Crippen molar-refractivity contribution in [2.75, 3.05) is 0 Å². The molecule has 0 amide bonds. The second-order valence-electron chi connectivity index (χ2n) is 5.12. The van der Waals surface area contributed by atoms with Gasteiger partial charge in [-0.1, -0.05) is 30.3 Å². The summed E-state index contributed by atoms with van der Waals surface area (Å²) >= 11 is 0. The molecule has 0 aliphatic heterocycles. The molecule has 5 nitrogen and oxygen atoms in total. The fourth-order valence-corrected chi connectivity index (χ4v) is 2.65. The molecular formula is C17H15N5. The molecular weight excluding hydrogens is 274 g/mol. The summed E-state index contributed by atoms with van der Waals surface area (Å²) in [5, 5.41) is 5.87. The molecule has 0 spiro atoms. The van der Waals surface area contributed by atoms with Gasteiger partial charge in [0.25, 0.3) is 0 Å². The summed E-state index contributed by atoms with van der Waals surface area (Å²) < 4.78 is 2.03. The van der Waals surface area contributed by atoms with Crippen LogP contribution in [0.5, 0.6) is 0 Å². The Kier molecular flexibility index (Phi) is 3.16. The Morgan fingerprint density at radius 2 is 1.95 bits per heavy atom. The second-order valence-corrected chi connectivity index (χ2v) is 5.12. The highest BCUT2D eigenvalue weighted by Crippen LogP contribution is 2.27. The Morgan fingerprint density at radius 3 is 2.77 bits per heavy atom. The van der Waals surface area contributed by atoms with Crippen LogP contribution in [0.2, 0.25) is 0 Å². The smallest absolute Gasteiger partial charge is 0.107 e. The summed E-state index contributed by atoms with van der Waals surface area (Å²) in [7, 11) is 0. The van der Waals surface area contributed by atoms with Gasteiger partial charge in [0.2, 0.25) is 0 Å². The van der Waals surface area contributed by atoms with E-state index in [0.29, 0.717) is 0 Å². The molecule has 108 valence electrons. The van der Waals surface area contributed by atoms with E-state index in [1.54, 1.807) is 6.20 Å². The van der Waals surface area contributed by atoms with Gasteiger partial charge in [0.15, 0.2) is 0 Å². The molecule has 4 aromatic rings. The molecule has 5 heteroatoms. The zero-order chi connectivity index (χ0) is 14.8. The SMILES string of the molecule is c1ccc(-c2nn(CCc3ncc[nH]3)c3ccncc23)cc1. The number of hydrogen-bond donors (Lipinski definition) is 1. The van der Waals surface area contributed by atoms with Crippen molar-refractivity contribution < 1.29 is 0 Å². The summed E-state index contributed by atoms with van der Waals surface area (Å²) in [5.41, 5.74) is 3.18. The minimum Gasteiger partial charge on any atom is -0.349 e. The van der Waals surface area contributed by atoms with E-state index in [2.05, 4.69) is 27.1 Å². The van der Waals surface area contributed by atoms with Gasteiger partial charge in [0.05, 0.1) is 5.52 Å². The maximum atomic E-state index is 4.79. The van der Waals surface area contributed by atoms with Gasteiger partial charge >= 0.3 is 0 Å². The lowest BCUT2D eigenvalue weighted by atomic mass is 10.1. The standard InChI is InChI=1S/C17H15N5/c1-2-4-13(5-3-1)17-14-12-18-8-6-15(14)22(21-17)11-7-16-19-9-10-20-16/h1-6,8-10,12H,7,11H2,(H,19,20). The van der Waals surface area contributed by atoms with Crippen LogP contribution in [0.3, 0.4) is 0 Å². The first-order valence-corrected chi connectivity index (χ1v) is 7.26. The number of aromatic amines is 1. The quantitative estimate of drug-likeness (QED) is 0.628. The molecule has 22 heavy (non-hydrogen) atoms. The lowest BCUT2D eigenvalue weighted by molar-refractivity contribution is 0.624. The van der Waals surface area contributed by atoms with Crippen molar-refractivity contribution in [3.8, 4) is 11.3 Å². The molecule has 4 rings (SSSR count). The van der Waals surface area contributed by atoms with Gasteiger partial charge in [-0.25, -0.2) is 4.98 Å². The normalized spacial score (nSPS) is 11.1. The Morgan fingerprint density at radius 1 is 1.05 bits per heavy atom. The van der Waals surface area contributed by atoms with Gasteiger partial charge in [-0.2, -0.15) is 5.10 Å². The third-order valence-electron chi connectivity index (χ3n) is 3.71. The Balaban J connectivity index is 1.76. The summed E-state index contributed by atoms with van der Waals surface area (Å²) in [6, 6.07) is 12.2. The molecule has 0 unspecified atom stereocenters. The van der Waals surface area contributed by atoms with Crippen LogP contribution in [0.25, 0.3) is 22.2 Å². The van der Waals surface area contributed by atoms with Crippen LogP contribution in [0.1, 0.15) is 5.82 Å². The topological polar surface area (TPSA) is 59.4 Å². The number of aryl methyl sites for hydroxylation is 2. The van der Waals surface area contributed by atoms with E-state index in [1.165, 1.54) is 0 Å². The number of imidazole rings is 1. The van der Waals surface area contributed by atoms with Crippen LogP contribution in [0, 0.1) is 0 Å². The molecule has 3 heterocycles. The van der Waals surface area contributed by atoms with E-state index in [-0.39, 0.29) is 0 Å². The van der Waals surface area contributed by atoms with E-state index in [1.807, 2.05) is 47.5 Å². The third-order valence-corrected chi connectivity index (χ3v) is 3.71. The molecule has 0 radical (unpaired) electrons. The zero-order valence-electron chi connectivity index (χ0n) is 12.0. The number of fused-ring (bicyclic) bond motifs is 1. The van der Waals surface area contributed by atoms with Gasteiger partial charge < -0.3 is 4.98 Å². The first-order chi connectivity index (χ1) is 10.9. The van der Waals surface area contributed by atoms with Crippen LogP contribution >= 0.6 is 0 Å². The maximum absolute atomic E-state index is 4.79. The van der Waals surface area contributed by atoms with Crippen molar-refractivity contribution in [3.05, 3.63) is 67.0 Å². The second kappa shape index (κ2) is 5.44. The van der Waals surface area contributed by atoms with Crippen molar-refractivity contribution in [1.82, 2.24) is 24.7 Å². The minimum atomic E-state index is 0.779. The van der Waals surface area contributed by atoms with E-state index in [9.17, 15) is 0 Å². The lowest BCUT2D eigenvalue weighted by Crippen LogP contribution is -2.04. The fraction of sp³-hybridized carbons (Fsp3) is 0.118. The Bertz CT molecular complexity index is 878. The molecule has 0 atom stereocenters. The molecule has 0 aliphatic rings. The Hall–Kier alpha value is -2.95. The summed E-state index contributed by atoms with van der Waals surface area (Å²) in [4.78, 5) is 11.6. The molecule has 1 aromatic carbocycles. The van der Waals surface area contributed by atoms with Crippen molar-refractivity contribution in [2.24, 2.45) is 0 Å². The first kappa shape index (κ1) is 12.8. The highest BCUT2D eigenvalue weighted by molar-refractivity contribution is 5.92. The van der Waals surface area contributed by atoms with Crippen LogP contribution in [0.15, 0.2) is 61.2 Å². The van der Waals surface area contributed by atoms with E-state index in [0.717, 1.165) is 41.0 Å². The lowest BCUT2D eigenvalue weighted by Gasteiger charge is -2.01. The molecule has 0 aliphatic carbocycles. The Labute approximate surface area is 127 Å². The van der Waals surface area contributed by atoms with Crippen LogP contribution in [-0.4, -0.2) is 24.7 Å². The summed E-state index contributed by atoms with van der Waals surface area (Å²) in [5.74, 6) is 0.971. The first-order valence-electron chi connectivity index (χ1n) is 7.26. The molecule has 0 bridgehead atoms. The van der Waals surface area contributed by atoms with Gasteiger partial charge in [-0.3, -0.25) is 9.67 Å².